The molecule has 2 N–H and O–H groups in total. The topological polar surface area (TPSA) is 60.8 Å². The highest BCUT2D eigenvalue weighted by Crippen LogP contribution is 2.26. The Morgan fingerprint density at radius 1 is 1.24 bits per heavy atom. The second kappa shape index (κ2) is 8.15. The summed E-state index contributed by atoms with van der Waals surface area (Å²) in [6, 6.07) is 10.00. The zero-order valence-electron chi connectivity index (χ0n) is 12.4. The van der Waals surface area contributed by atoms with Crippen LogP contribution in [0.5, 0.6) is 0 Å². The number of aliphatic hydroxyl groups is 1. The number of likely N-dealkylation sites (tertiary alicyclic amines) is 1. The molecule has 116 valence electrons. The van der Waals surface area contributed by atoms with Crippen LogP contribution in [0.25, 0.3) is 0 Å². The van der Waals surface area contributed by atoms with Crippen LogP contribution in [0.2, 0.25) is 0 Å². The third-order valence-corrected chi connectivity index (χ3v) is 4.29. The van der Waals surface area contributed by atoms with Gasteiger partial charge in [-0.2, -0.15) is 0 Å². The molecule has 0 amide bonds. The van der Waals surface area contributed by atoms with Gasteiger partial charge in [0, 0.05) is 12.6 Å². The lowest BCUT2D eigenvalue weighted by Crippen LogP contribution is -2.37. The van der Waals surface area contributed by atoms with Crippen molar-refractivity contribution >= 4 is 5.97 Å². The number of hydrogen-bond acceptors (Lipinski definition) is 3. The van der Waals surface area contributed by atoms with Gasteiger partial charge in [0.2, 0.25) is 0 Å². The van der Waals surface area contributed by atoms with E-state index in [0.29, 0.717) is 13.0 Å². The zero-order valence-corrected chi connectivity index (χ0v) is 12.4. The van der Waals surface area contributed by atoms with E-state index in [0.717, 1.165) is 31.4 Å². The Morgan fingerprint density at radius 3 is 2.71 bits per heavy atom. The summed E-state index contributed by atoms with van der Waals surface area (Å²) in [5.41, 5.74) is 0.944. The third kappa shape index (κ3) is 5.14. The molecular formula is C17H25NO3. The van der Waals surface area contributed by atoms with Gasteiger partial charge in [-0.15, -0.1) is 0 Å². The molecule has 0 aliphatic carbocycles. The molecule has 1 fully saturated rings. The number of benzene rings is 1. The summed E-state index contributed by atoms with van der Waals surface area (Å²) in [4.78, 5) is 13.1. The molecule has 4 nitrogen and oxygen atoms in total. The maximum absolute atomic E-state index is 10.8. The molecule has 21 heavy (non-hydrogen) atoms. The van der Waals surface area contributed by atoms with Gasteiger partial charge < -0.3 is 10.2 Å². The second-order valence-electron chi connectivity index (χ2n) is 5.85. The number of carboxylic acid groups (broad SMARTS) is 1. The number of carboxylic acids is 1. The average molecular weight is 291 g/mol. The molecule has 0 radical (unpaired) electrons. The predicted molar refractivity (Wildman–Crippen MR) is 82.1 cm³/mol. The maximum Gasteiger partial charge on any atom is 0.304 e. The van der Waals surface area contributed by atoms with Gasteiger partial charge in [-0.25, -0.2) is 0 Å². The summed E-state index contributed by atoms with van der Waals surface area (Å²) >= 11 is 0. The summed E-state index contributed by atoms with van der Waals surface area (Å²) in [5, 5.41) is 19.3. The molecule has 2 atom stereocenters. The predicted octanol–water partition coefficient (Wildman–Crippen LogP) is 2.83. The molecule has 0 bridgehead atoms. The van der Waals surface area contributed by atoms with Crippen LogP contribution in [0, 0.1) is 0 Å². The fourth-order valence-electron chi connectivity index (χ4n) is 3.11. The summed E-state index contributed by atoms with van der Waals surface area (Å²) in [5.74, 6) is -0.749. The summed E-state index contributed by atoms with van der Waals surface area (Å²) in [6.45, 7) is 1.53. The molecule has 1 heterocycles. The van der Waals surface area contributed by atoms with Crippen molar-refractivity contribution in [1.82, 2.24) is 4.90 Å². The zero-order chi connectivity index (χ0) is 15.1. The molecule has 1 aliphatic rings. The SMILES string of the molecule is O=C(O)CCN1CCCCCC1CC(O)c1ccccc1. The quantitative estimate of drug-likeness (QED) is 0.846. The van der Waals surface area contributed by atoms with Gasteiger partial charge in [0.1, 0.15) is 0 Å². The minimum Gasteiger partial charge on any atom is -0.481 e. The van der Waals surface area contributed by atoms with E-state index >= 15 is 0 Å². The Morgan fingerprint density at radius 2 is 2.00 bits per heavy atom. The van der Waals surface area contributed by atoms with Crippen LogP contribution < -0.4 is 0 Å². The lowest BCUT2D eigenvalue weighted by atomic mass is 9.98. The van der Waals surface area contributed by atoms with E-state index in [9.17, 15) is 9.90 Å². The number of rotatable bonds is 6. The van der Waals surface area contributed by atoms with Gasteiger partial charge in [-0.3, -0.25) is 9.69 Å². The molecule has 0 spiro atoms. The van der Waals surface area contributed by atoms with E-state index < -0.39 is 12.1 Å². The highest BCUT2D eigenvalue weighted by atomic mass is 16.4. The smallest absolute Gasteiger partial charge is 0.304 e. The van der Waals surface area contributed by atoms with Crippen LogP contribution >= 0.6 is 0 Å². The first kappa shape index (κ1) is 16.0. The first-order chi connectivity index (χ1) is 10.2. The fraction of sp³-hybridized carbons (Fsp3) is 0.588. The van der Waals surface area contributed by atoms with Crippen LogP contribution in [0.15, 0.2) is 30.3 Å². The van der Waals surface area contributed by atoms with Gasteiger partial charge >= 0.3 is 5.97 Å². The Balaban J connectivity index is 1.97. The van der Waals surface area contributed by atoms with Crippen molar-refractivity contribution in [2.75, 3.05) is 13.1 Å². The molecule has 4 heteroatoms. The number of hydrogen-bond donors (Lipinski definition) is 2. The molecular weight excluding hydrogens is 266 g/mol. The highest BCUT2D eigenvalue weighted by Gasteiger charge is 2.24. The lowest BCUT2D eigenvalue weighted by Gasteiger charge is -2.31. The van der Waals surface area contributed by atoms with E-state index in [2.05, 4.69) is 4.90 Å². The molecule has 2 rings (SSSR count). The van der Waals surface area contributed by atoms with Crippen molar-refractivity contribution in [3.8, 4) is 0 Å². The minimum absolute atomic E-state index is 0.179. The Hall–Kier alpha value is -1.39. The number of aliphatic hydroxyl groups excluding tert-OH is 1. The molecule has 1 aromatic carbocycles. The van der Waals surface area contributed by atoms with Crippen LogP contribution in [0.3, 0.4) is 0 Å². The molecule has 0 aromatic heterocycles. The first-order valence-electron chi connectivity index (χ1n) is 7.85. The third-order valence-electron chi connectivity index (χ3n) is 4.29. The van der Waals surface area contributed by atoms with E-state index in [-0.39, 0.29) is 12.5 Å². The Bertz CT molecular complexity index is 435. The van der Waals surface area contributed by atoms with E-state index in [1.54, 1.807) is 0 Å². The van der Waals surface area contributed by atoms with Crippen molar-refractivity contribution in [2.45, 2.75) is 50.7 Å². The normalized spacial score (nSPS) is 21.7. The minimum atomic E-state index is -0.749. The van der Waals surface area contributed by atoms with Gasteiger partial charge in [-0.1, -0.05) is 43.2 Å². The molecule has 1 aliphatic heterocycles. The number of carbonyl (C=O) groups is 1. The van der Waals surface area contributed by atoms with Crippen molar-refractivity contribution < 1.29 is 15.0 Å². The number of nitrogens with zero attached hydrogens (tertiary/aromatic N) is 1. The van der Waals surface area contributed by atoms with E-state index in [4.69, 9.17) is 5.11 Å². The van der Waals surface area contributed by atoms with Crippen LogP contribution in [-0.4, -0.2) is 40.2 Å². The van der Waals surface area contributed by atoms with Crippen molar-refractivity contribution in [1.29, 1.82) is 0 Å². The molecule has 1 aromatic rings. The van der Waals surface area contributed by atoms with Crippen LogP contribution in [0.1, 0.15) is 50.2 Å². The maximum atomic E-state index is 10.8. The van der Waals surface area contributed by atoms with E-state index in [1.807, 2.05) is 30.3 Å². The largest absolute Gasteiger partial charge is 0.481 e. The number of aliphatic carboxylic acids is 1. The summed E-state index contributed by atoms with van der Waals surface area (Å²) in [7, 11) is 0. The van der Waals surface area contributed by atoms with Gasteiger partial charge in [-0.05, 0) is 31.4 Å². The lowest BCUT2D eigenvalue weighted by molar-refractivity contribution is -0.137. The summed E-state index contributed by atoms with van der Waals surface area (Å²) < 4.78 is 0. The average Bonchev–Trinajstić information content (AvgIpc) is 2.71. The Kier molecular flexibility index (Phi) is 6.21. The van der Waals surface area contributed by atoms with Gasteiger partial charge in [0.05, 0.1) is 12.5 Å². The van der Waals surface area contributed by atoms with Gasteiger partial charge in [0.25, 0.3) is 0 Å². The van der Waals surface area contributed by atoms with E-state index in [1.165, 1.54) is 6.42 Å². The van der Waals surface area contributed by atoms with Crippen molar-refractivity contribution in [3.05, 3.63) is 35.9 Å². The molecule has 0 saturated carbocycles. The fourth-order valence-corrected chi connectivity index (χ4v) is 3.11. The molecule has 2 unspecified atom stereocenters. The van der Waals surface area contributed by atoms with Crippen molar-refractivity contribution in [3.63, 3.8) is 0 Å². The Labute approximate surface area is 126 Å². The van der Waals surface area contributed by atoms with Crippen LogP contribution in [-0.2, 0) is 4.79 Å². The first-order valence-corrected chi connectivity index (χ1v) is 7.85. The molecule has 1 saturated heterocycles. The van der Waals surface area contributed by atoms with Crippen LogP contribution in [0.4, 0.5) is 0 Å². The van der Waals surface area contributed by atoms with Crippen molar-refractivity contribution in [2.24, 2.45) is 0 Å². The monoisotopic (exact) mass is 291 g/mol. The van der Waals surface area contributed by atoms with Gasteiger partial charge in [0.15, 0.2) is 0 Å². The second-order valence-corrected chi connectivity index (χ2v) is 5.85. The highest BCUT2D eigenvalue weighted by molar-refractivity contribution is 5.66. The standard InChI is InChI=1S/C17H25NO3/c19-16(14-7-3-1-4-8-14)13-15-9-5-2-6-11-18(15)12-10-17(20)21/h1,3-4,7-8,15-16,19H,2,5-6,9-13H2,(H,20,21). The summed E-state index contributed by atoms with van der Waals surface area (Å²) in [6.07, 6.45) is 4.92.